The van der Waals surface area contributed by atoms with Crippen LogP contribution in [0.2, 0.25) is 0 Å². The Labute approximate surface area is 630 Å². The van der Waals surface area contributed by atoms with E-state index in [9.17, 15) is 76.6 Å². The van der Waals surface area contributed by atoms with Crippen LogP contribution in [0.15, 0.2) is 67.3 Å². The standard InChI is InChI=1S/C70H90F3N21O16/c1-46(67(105)93-45-70(72,73)34-55(93)36-74)82-65(103)48-5-9-76-53(32-48)37-80-59(95)7-21-107-25-27-109-23-19-91-39-56(84-86-91)50-29-51(31-52(30-50)64(102)79-12-11-78-61(97)41-88-13-15-89(42-62(98)99)17-18-90(16-14-88)43-63(100)101)57-40-92(87-85-57)20-24-110-28-26-108-22-8-60(96)81-38-54-33-49(6-10-77-54)66(104)83-47(2)68(106)94-44-69(3,71)35-58(94)75-4/h5-6,9-10,29-33,39-40,46-47,55,58H,7-8,11-28,34-35,37-38,41-45H2,1-3H3,(H,78,97)(H,79,102)(H,80,95)(H,81,96)(H,82,103)(H,83,104)(H,98,99)(H,100,101)/t46-,47-,55+,58-,69?/m0/s1. The lowest BCUT2D eigenvalue weighted by Gasteiger charge is -2.24. The predicted molar refractivity (Wildman–Crippen MR) is 380 cm³/mol. The van der Waals surface area contributed by atoms with E-state index < -0.39 is 90.3 Å². The fraction of sp³-hybridized carbons (Fsp3) is 0.543. The summed E-state index contributed by atoms with van der Waals surface area (Å²) in [7, 11) is 0. The molecule has 3 aliphatic heterocycles. The van der Waals surface area contributed by atoms with Crippen LogP contribution in [0.5, 0.6) is 0 Å². The third-order valence-corrected chi connectivity index (χ3v) is 17.6. The second kappa shape index (κ2) is 41.5. The van der Waals surface area contributed by atoms with Crippen LogP contribution in [0.3, 0.4) is 0 Å². The molecule has 1 unspecified atom stereocenters. The molecule has 3 fully saturated rings. The molecule has 5 atom stereocenters. The van der Waals surface area contributed by atoms with E-state index in [0.717, 1.165) is 9.80 Å². The van der Waals surface area contributed by atoms with Crippen molar-refractivity contribution in [2.24, 2.45) is 0 Å². The Hall–Kier alpha value is -11.0. The molecule has 0 radical (unpaired) electrons. The molecule has 40 heteroatoms. The molecule has 592 valence electrons. The van der Waals surface area contributed by atoms with Gasteiger partial charge in [0.1, 0.15) is 35.2 Å². The van der Waals surface area contributed by atoms with Gasteiger partial charge in [-0.1, -0.05) is 10.4 Å². The smallest absolute Gasteiger partial charge is 0.317 e. The Morgan fingerprint density at radius 1 is 0.582 bits per heavy atom. The number of ether oxygens (including phenoxy) is 4. The van der Waals surface area contributed by atoms with Crippen molar-refractivity contribution in [2.75, 3.05) is 138 Å². The first-order valence-electron chi connectivity index (χ1n) is 35.5. The molecule has 0 aliphatic carbocycles. The van der Waals surface area contributed by atoms with Crippen molar-refractivity contribution < 1.29 is 90.3 Å². The Bertz CT molecular complexity index is 3880. The molecule has 1 aromatic carbocycles. The molecule has 5 aromatic rings. The van der Waals surface area contributed by atoms with E-state index in [0.29, 0.717) is 73.2 Å². The van der Waals surface area contributed by atoms with Gasteiger partial charge in [-0.05, 0) is 63.2 Å². The van der Waals surface area contributed by atoms with Crippen molar-refractivity contribution in [3.8, 4) is 28.6 Å². The van der Waals surface area contributed by atoms with Gasteiger partial charge in [0.25, 0.3) is 29.6 Å². The van der Waals surface area contributed by atoms with Crippen LogP contribution in [0, 0.1) is 17.9 Å². The quantitative estimate of drug-likeness (QED) is 0.0183. The van der Waals surface area contributed by atoms with Crippen molar-refractivity contribution in [1.29, 1.82) is 5.26 Å². The van der Waals surface area contributed by atoms with Crippen LogP contribution in [0.1, 0.15) is 88.9 Å². The maximum atomic E-state index is 14.6. The van der Waals surface area contributed by atoms with Gasteiger partial charge in [-0.25, -0.2) is 29.1 Å². The third-order valence-electron chi connectivity index (χ3n) is 17.6. The number of nitriles is 1. The van der Waals surface area contributed by atoms with Gasteiger partial charge in [0.05, 0.1) is 148 Å². The van der Waals surface area contributed by atoms with Crippen molar-refractivity contribution in [2.45, 2.75) is 109 Å². The number of carbonyl (C=O) groups is 10. The average Bonchev–Trinajstić information content (AvgIpc) is 1.75. The summed E-state index contributed by atoms with van der Waals surface area (Å²) in [6.07, 6.45) is 4.19. The first kappa shape index (κ1) is 84.6. The van der Waals surface area contributed by atoms with Gasteiger partial charge in [0, 0.05) is 112 Å². The van der Waals surface area contributed by atoms with Crippen LogP contribution < -0.4 is 31.9 Å². The van der Waals surface area contributed by atoms with Crippen molar-refractivity contribution in [3.63, 3.8) is 0 Å². The molecular formula is C70H90F3N21O16. The van der Waals surface area contributed by atoms with E-state index >= 15 is 0 Å². The highest BCUT2D eigenvalue weighted by atomic mass is 19.3. The van der Waals surface area contributed by atoms with Gasteiger partial charge in [-0.3, -0.25) is 82.4 Å². The molecule has 0 saturated carbocycles. The average molecular weight is 1540 g/mol. The van der Waals surface area contributed by atoms with Gasteiger partial charge >= 0.3 is 18.1 Å². The number of carbonyl (C=O) groups excluding carboxylic acids is 8. The highest BCUT2D eigenvalue weighted by Gasteiger charge is 2.49. The minimum Gasteiger partial charge on any atom is -0.480 e. The Morgan fingerprint density at radius 3 is 1.50 bits per heavy atom. The number of hydrogen-bond donors (Lipinski definition) is 8. The highest BCUT2D eigenvalue weighted by molar-refractivity contribution is 5.99. The molecule has 3 saturated heterocycles. The van der Waals surface area contributed by atoms with Crippen LogP contribution in [0.25, 0.3) is 27.4 Å². The van der Waals surface area contributed by atoms with E-state index in [-0.39, 0.29) is 172 Å². The predicted octanol–water partition coefficient (Wildman–Crippen LogP) is -0.390. The summed E-state index contributed by atoms with van der Waals surface area (Å²) in [5, 5.41) is 61.5. The monoisotopic (exact) mass is 1540 g/mol. The summed E-state index contributed by atoms with van der Waals surface area (Å²) in [6.45, 7) is 13.6. The lowest BCUT2D eigenvalue weighted by Crippen LogP contribution is -2.48. The molecule has 7 heterocycles. The molecule has 4 aromatic heterocycles. The molecule has 8 N–H and O–H groups in total. The topological polar surface area (TPSA) is 452 Å². The first-order chi connectivity index (χ1) is 52.6. The number of likely N-dealkylation sites (tertiary alicyclic amines) is 2. The Morgan fingerprint density at radius 2 is 1.04 bits per heavy atom. The molecule has 37 nitrogen and oxygen atoms in total. The summed E-state index contributed by atoms with van der Waals surface area (Å²) in [4.78, 5) is 146. The zero-order chi connectivity index (χ0) is 79.3. The van der Waals surface area contributed by atoms with Crippen LogP contribution in [-0.2, 0) is 78.7 Å². The van der Waals surface area contributed by atoms with E-state index in [1.54, 1.807) is 55.8 Å². The lowest BCUT2D eigenvalue weighted by molar-refractivity contribution is -0.140. The second-order valence-corrected chi connectivity index (χ2v) is 26.6. The molecule has 0 spiro atoms. The van der Waals surface area contributed by atoms with E-state index in [2.05, 4.69) is 67.3 Å². The summed E-state index contributed by atoms with van der Waals surface area (Å²) < 4.78 is 68.3. The zero-order valence-electron chi connectivity index (χ0n) is 61.1. The summed E-state index contributed by atoms with van der Waals surface area (Å²) in [5.41, 5.74) is 1.26. The number of aromatic nitrogens is 8. The van der Waals surface area contributed by atoms with Crippen molar-refractivity contribution >= 4 is 59.2 Å². The number of halogens is 3. The maximum absolute atomic E-state index is 14.6. The fourth-order valence-electron chi connectivity index (χ4n) is 11.9. The number of benzene rings is 1. The highest BCUT2D eigenvalue weighted by Crippen LogP contribution is 2.33. The van der Waals surface area contributed by atoms with Crippen LogP contribution in [0.4, 0.5) is 13.2 Å². The largest absolute Gasteiger partial charge is 0.480 e. The first-order valence-corrected chi connectivity index (χ1v) is 35.5. The fourth-order valence-corrected chi connectivity index (χ4v) is 11.9. The summed E-state index contributed by atoms with van der Waals surface area (Å²) in [5.74, 6) is -9.52. The Balaban J connectivity index is 0.769. The summed E-state index contributed by atoms with van der Waals surface area (Å²) >= 11 is 0. The number of rotatable bonds is 40. The SMILES string of the molecule is [C-]#[N+][C@@H]1CC(C)(F)CN1C(=O)[C@H](C)NC(=O)c1ccnc(CNC(=O)CCOCCOCCn2cc(-c3cc(C(=O)NCCNC(=O)CN4CCN(CC(=O)O)CCN(CC(=O)O)CC4)cc(-c4cn(CCOCCOCCC(=O)NCc5cc(C(=O)N[C@@H](C)C(=O)N6CC(F)(F)C[C@@H]6C#N)ccn5)nn4)c3)nn2)c1. The van der Waals surface area contributed by atoms with Crippen LogP contribution in [-0.4, -0.2) is 308 Å². The normalized spacial score (nSPS) is 18.0. The number of hydrogen-bond acceptors (Lipinski definition) is 24. The second-order valence-electron chi connectivity index (χ2n) is 26.6. The Kier molecular flexibility index (Phi) is 31.9. The van der Waals surface area contributed by atoms with Crippen LogP contribution >= 0.6 is 0 Å². The molecule has 3 aliphatic rings. The molecule has 8 rings (SSSR count). The van der Waals surface area contributed by atoms with E-state index in [1.165, 1.54) is 57.4 Å². The van der Waals surface area contributed by atoms with Gasteiger partial charge in [-0.15, -0.1) is 10.2 Å². The van der Waals surface area contributed by atoms with Gasteiger partial charge in [0.15, 0.2) is 0 Å². The zero-order valence-corrected chi connectivity index (χ0v) is 61.1. The maximum Gasteiger partial charge on any atom is 0.317 e. The van der Waals surface area contributed by atoms with Gasteiger partial charge in [0.2, 0.25) is 23.6 Å². The number of aliphatic carboxylic acids is 2. The molecule has 110 heavy (non-hydrogen) atoms. The molecular weight excluding hydrogens is 1450 g/mol. The number of carboxylic acid groups (broad SMARTS) is 2. The van der Waals surface area contributed by atoms with Gasteiger partial charge < -0.3 is 66.0 Å². The van der Waals surface area contributed by atoms with E-state index in [1.807, 2.05) is 4.90 Å². The molecule has 8 amide bonds. The number of nitrogens with one attached hydrogen (secondary N) is 6. The van der Waals surface area contributed by atoms with E-state index in [4.69, 9.17) is 25.5 Å². The lowest BCUT2D eigenvalue weighted by atomic mass is 10.0. The number of carboxylic acids is 2. The van der Waals surface area contributed by atoms with Crippen molar-refractivity contribution in [1.82, 2.24) is 96.4 Å². The number of nitrogens with zero attached hydrogens (tertiary/aromatic N) is 15. The number of alkyl halides is 3. The third kappa shape index (κ3) is 27.3. The van der Waals surface area contributed by atoms with Gasteiger partial charge in [-0.2, -0.15) is 5.26 Å². The number of amides is 8. The molecule has 0 bridgehead atoms. The summed E-state index contributed by atoms with van der Waals surface area (Å²) in [6, 6.07) is 8.84. The minimum atomic E-state index is -3.22. The number of pyridine rings is 2. The van der Waals surface area contributed by atoms with Crippen molar-refractivity contribution in [3.05, 3.63) is 107 Å². The minimum absolute atomic E-state index is 0.000721.